The van der Waals surface area contributed by atoms with Crippen LogP contribution in [0, 0.1) is 11.1 Å². The van der Waals surface area contributed by atoms with Crippen molar-refractivity contribution in [2.45, 2.75) is 5.50 Å². The van der Waals surface area contributed by atoms with Gasteiger partial charge in [-0.15, -0.1) is 0 Å². The van der Waals surface area contributed by atoms with Gasteiger partial charge in [0.25, 0.3) is 0 Å². The minimum Gasteiger partial charge on any atom is -0.769 e. The van der Waals surface area contributed by atoms with Crippen LogP contribution in [0.3, 0.4) is 0 Å². The number of hydrogen-bond acceptors (Lipinski definition) is 6. The van der Waals surface area contributed by atoms with E-state index in [9.17, 15) is 8.76 Å². The Labute approximate surface area is 47.6 Å². The molecule has 0 aromatic heterocycles. The zero-order valence-electron chi connectivity index (χ0n) is 3.70. The number of nitrogens with one attached hydrogen (secondary N) is 2. The second-order valence-corrected chi connectivity index (χ2v) is 1.79. The highest BCUT2D eigenvalue weighted by Gasteiger charge is 1.99. The summed E-state index contributed by atoms with van der Waals surface area (Å²) in [5.74, 6) is 0. The van der Waals surface area contributed by atoms with E-state index in [0.29, 0.717) is 0 Å². The molecule has 0 aliphatic rings. The van der Waals surface area contributed by atoms with E-state index in [1.54, 1.807) is 0 Å². The van der Waals surface area contributed by atoms with Crippen LogP contribution in [-0.2, 0) is 11.1 Å². The van der Waals surface area contributed by atoms with Gasteiger partial charge in [0.15, 0.2) is 0 Å². The quantitative estimate of drug-likeness (QED) is 0.425. The zero-order valence-corrected chi connectivity index (χ0v) is 4.51. The molecular formula is CH3N4O2S-. The van der Waals surface area contributed by atoms with Crippen molar-refractivity contribution in [3.8, 4) is 0 Å². The smallest absolute Gasteiger partial charge is 0.241 e. The lowest BCUT2D eigenvalue weighted by Gasteiger charge is -2.04. The number of hydrogen-bond donors (Lipinski definition) is 2. The van der Waals surface area contributed by atoms with Gasteiger partial charge in [-0.1, -0.05) is 0 Å². The van der Waals surface area contributed by atoms with Gasteiger partial charge >= 0.3 is 0 Å². The molecule has 1 unspecified atom stereocenters. The molecule has 46 valence electrons. The first-order valence-electron chi connectivity index (χ1n) is 1.53. The largest absolute Gasteiger partial charge is 0.769 e. The van der Waals surface area contributed by atoms with E-state index in [4.69, 9.17) is 11.1 Å². The second kappa shape index (κ2) is 3.33. The second-order valence-electron chi connectivity index (χ2n) is 0.845. The van der Waals surface area contributed by atoms with Crippen molar-refractivity contribution in [1.82, 2.24) is 0 Å². The molecule has 0 spiro atoms. The topological polar surface area (TPSA) is 113 Å². The van der Waals surface area contributed by atoms with Crippen molar-refractivity contribution < 1.29 is 8.76 Å². The van der Waals surface area contributed by atoms with Crippen LogP contribution in [0.2, 0.25) is 0 Å². The van der Waals surface area contributed by atoms with Gasteiger partial charge in [-0.05, 0) is 11.1 Å². The Morgan fingerprint density at radius 3 is 1.88 bits per heavy atom. The molecule has 0 saturated heterocycles. The van der Waals surface area contributed by atoms with E-state index in [-0.39, 0.29) is 0 Å². The Morgan fingerprint density at radius 2 is 1.88 bits per heavy atom. The molecule has 0 aromatic carbocycles. The Bertz CT molecular complexity index is 115. The van der Waals surface area contributed by atoms with Gasteiger partial charge < -0.3 is 4.55 Å². The molecule has 0 heterocycles. The minimum atomic E-state index is -2.56. The van der Waals surface area contributed by atoms with Crippen LogP contribution in [0.25, 0.3) is 0 Å². The van der Waals surface area contributed by atoms with Crippen LogP contribution in [0.4, 0.5) is 0 Å². The van der Waals surface area contributed by atoms with Crippen molar-refractivity contribution in [3.05, 3.63) is 0 Å². The van der Waals surface area contributed by atoms with E-state index in [0.717, 1.165) is 0 Å². The summed E-state index contributed by atoms with van der Waals surface area (Å²) in [5, 5.41) is 4.98. The lowest BCUT2D eigenvalue weighted by molar-refractivity contribution is 0.517. The number of rotatable bonds is 3. The fourth-order valence-corrected chi connectivity index (χ4v) is 0.287. The Hall–Kier alpha value is -0.690. The van der Waals surface area contributed by atoms with Gasteiger partial charge in [0, 0.05) is 0 Å². The highest BCUT2D eigenvalue weighted by molar-refractivity contribution is 7.79. The lowest BCUT2D eigenvalue weighted by Crippen LogP contribution is -2.05. The Kier molecular flexibility index (Phi) is 3.04. The fraction of sp³-hybridized carbons (Fsp3) is 1.00. The van der Waals surface area contributed by atoms with Gasteiger partial charge in [-0.25, -0.2) is 11.1 Å². The van der Waals surface area contributed by atoms with Crippen LogP contribution in [-0.4, -0.2) is 14.3 Å². The van der Waals surface area contributed by atoms with Crippen molar-refractivity contribution in [3.63, 3.8) is 0 Å². The summed E-state index contributed by atoms with van der Waals surface area (Å²) in [7, 11) is 0. The summed E-state index contributed by atoms with van der Waals surface area (Å²) in [6.45, 7) is 0. The van der Waals surface area contributed by atoms with Crippen LogP contribution in [0.15, 0.2) is 10.2 Å². The van der Waals surface area contributed by atoms with Crippen molar-refractivity contribution in [1.29, 1.82) is 11.1 Å². The molecule has 0 aliphatic heterocycles. The fourth-order valence-electron chi connectivity index (χ4n) is 0.115. The molecule has 0 amide bonds. The van der Waals surface area contributed by atoms with Gasteiger partial charge in [0.05, 0.1) is 0 Å². The molecule has 6 nitrogen and oxygen atoms in total. The first kappa shape index (κ1) is 7.31. The van der Waals surface area contributed by atoms with Crippen LogP contribution < -0.4 is 0 Å². The van der Waals surface area contributed by atoms with E-state index >= 15 is 0 Å². The molecule has 0 rings (SSSR count). The maximum atomic E-state index is 9.73. The van der Waals surface area contributed by atoms with Gasteiger partial charge in [0.1, 0.15) is 0 Å². The lowest BCUT2D eigenvalue weighted by atomic mass is 11.2. The third-order valence-corrected chi connectivity index (χ3v) is 0.948. The molecule has 8 heavy (non-hydrogen) atoms. The maximum absolute atomic E-state index is 9.73. The van der Waals surface area contributed by atoms with Crippen molar-refractivity contribution in [2.24, 2.45) is 10.2 Å². The molecule has 0 radical (unpaired) electrons. The van der Waals surface area contributed by atoms with Crippen molar-refractivity contribution >= 4 is 11.1 Å². The third kappa shape index (κ3) is 1.85. The summed E-state index contributed by atoms with van der Waals surface area (Å²) in [6, 6.07) is 0. The average Bonchev–Trinajstić information content (AvgIpc) is 1.69. The van der Waals surface area contributed by atoms with Crippen LogP contribution in [0.1, 0.15) is 0 Å². The minimum absolute atomic E-state index is 1.55. The molecule has 1 atom stereocenters. The molecule has 0 saturated carbocycles. The molecule has 0 aliphatic carbocycles. The first-order valence-corrected chi connectivity index (χ1v) is 2.67. The molecule has 0 fully saturated rings. The van der Waals surface area contributed by atoms with E-state index in [2.05, 4.69) is 10.2 Å². The Morgan fingerprint density at radius 1 is 1.50 bits per heavy atom. The van der Waals surface area contributed by atoms with Crippen LogP contribution in [0.5, 0.6) is 0 Å². The standard InChI is InChI=1S/CH4N4O2S/c2-4-1(5-3)8(6)7/h1-3H,(H,6,7)/p-1. The van der Waals surface area contributed by atoms with E-state index < -0.39 is 16.6 Å². The van der Waals surface area contributed by atoms with Crippen LogP contribution >= 0.6 is 0 Å². The summed E-state index contributed by atoms with van der Waals surface area (Å²) < 4.78 is 19.5. The molecule has 0 aromatic rings. The monoisotopic (exact) mass is 135 g/mol. The van der Waals surface area contributed by atoms with Gasteiger partial charge in [-0.2, -0.15) is 10.2 Å². The summed E-state index contributed by atoms with van der Waals surface area (Å²) in [4.78, 5) is 0. The van der Waals surface area contributed by atoms with Gasteiger partial charge in [-0.3, -0.25) is 4.21 Å². The Balaban J connectivity index is 3.88. The third-order valence-electron chi connectivity index (χ3n) is 0.393. The molecule has 7 heteroatoms. The van der Waals surface area contributed by atoms with E-state index in [1.807, 2.05) is 0 Å². The normalized spacial score (nSPS) is 16.6. The molecule has 2 N–H and O–H groups in total. The highest BCUT2D eigenvalue weighted by Crippen LogP contribution is 1.94. The summed E-state index contributed by atoms with van der Waals surface area (Å²) >= 11 is -2.56. The molecular weight excluding hydrogens is 132 g/mol. The average molecular weight is 135 g/mol. The molecule has 0 bridgehead atoms. The summed E-state index contributed by atoms with van der Waals surface area (Å²) in [5.41, 5.74) is 10.7. The predicted octanol–water partition coefficient (Wildman–Crippen LogP) is 0.211. The SMILES string of the molecule is N=NC(N=N)S(=O)[O-]. The summed E-state index contributed by atoms with van der Waals surface area (Å²) in [6.07, 6.45) is 0. The highest BCUT2D eigenvalue weighted by atomic mass is 32.2. The van der Waals surface area contributed by atoms with E-state index in [1.165, 1.54) is 0 Å². The maximum Gasteiger partial charge on any atom is 0.241 e. The predicted molar refractivity (Wildman–Crippen MR) is 23.0 cm³/mol. The first-order chi connectivity index (χ1) is 3.72. The van der Waals surface area contributed by atoms with Crippen molar-refractivity contribution in [2.75, 3.05) is 0 Å². The zero-order chi connectivity index (χ0) is 6.57. The van der Waals surface area contributed by atoms with Gasteiger partial charge in [0.2, 0.25) is 5.50 Å². The number of nitrogens with zero attached hydrogens (tertiary/aromatic N) is 2.